The fourth-order valence-corrected chi connectivity index (χ4v) is 3.40. The molecule has 0 bridgehead atoms. The van der Waals surface area contributed by atoms with Gasteiger partial charge in [-0.05, 0) is 51.5 Å². The van der Waals surface area contributed by atoms with Crippen LogP contribution in [0.3, 0.4) is 0 Å². The van der Waals surface area contributed by atoms with E-state index in [0.29, 0.717) is 35.1 Å². The van der Waals surface area contributed by atoms with Crippen molar-refractivity contribution in [2.24, 2.45) is 0 Å². The minimum Gasteiger partial charge on any atom is -0.491 e. The third-order valence-electron chi connectivity index (χ3n) is 4.29. The lowest BCUT2D eigenvalue weighted by atomic mass is 9.98. The van der Waals surface area contributed by atoms with Gasteiger partial charge in [0.05, 0.1) is 36.5 Å². The molecule has 30 heavy (non-hydrogen) atoms. The number of allylic oxidation sites excluding steroid dienone is 1. The average molecular weight is 431 g/mol. The number of rotatable bonds is 8. The highest BCUT2D eigenvalue weighted by molar-refractivity contribution is 6.32. The molecule has 0 aliphatic carbocycles. The van der Waals surface area contributed by atoms with Crippen LogP contribution in [0.4, 0.5) is 0 Å². The van der Waals surface area contributed by atoms with E-state index in [4.69, 9.17) is 25.8 Å². The molecule has 0 fully saturated rings. The number of aromatic amines is 1. The van der Waals surface area contributed by atoms with Crippen LogP contribution in [0.1, 0.15) is 51.5 Å². The fraction of sp³-hybridized carbons (Fsp3) is 0.318. The minimum absolute atomic E-state index is 0.114. The number of ketones is 1. The summed E-state index contributed by atoms with van der Waals surface area (Å²) in [4.78, 5) is 28.5. The number of nitrogens with zero attached hydrogens (tertiary/aromatic N) is 1. The highest BCUT2D eigenvalue weighted by atomic mass is 35.5. The summed E-state index contributed by atoms with van der Waals surface area (Å²) < 4.78 is 15.9. The Morgan fingerprint density at radius 3 is 2.40 bits per heavy atom. The first-order chi connectivity index (χ1) is 14.3. The Balaban J connectivity index is 2.57. The van der Waals surface area contributed by atoms with E-state index in [1.54, 1.807) is 32.9 Å². The fourth-order valence-electron chi connectivity index (χ4n) is 3.11. The molecule has 0 amide bonds. The predicted octanol–water partition coefficient (Wildman–Crippen LogP) is 4.66. The molecule has 2 rings (SSSR count). The quantitative estimate of drug-likeness (QED) is 0.283. The first-order valence-electron chi connectivity index (χ1n) is 9.32. The van der Waals surface area contributed by atoms with E-state index in [9.17, 15) is 14.9 Å². The third-order valence-corrected chi connectivity index (χ3v) is 4.57. The Morgan fingerprint density at radius 1 is 1.17 bits per heavy atom. The lowest BCUT2D eigenvalue weighted by Gasteiger charge is -2.12. The molecule has 7 nitrogen and oxygen atoms in total. The molecule has 0 saturated heterocycles. The summed E-state index contributed by atoms with van der Waals surface area (Å²) in [6.45, 7) is 7.38. The monoisotopic (exact) mass is 430 g/mol. The van der Waals surface area contributed by atoms with Crippen LogP contribution in [0, 0.1) is 25.2 Å². The van der Waals surface area contributed by atoms with Gasteiger partial charge in [0, 0.05) is 11.4 Å². The van der Waals surface area contributed by atoms with Gasteiger partial charge in [0.2, 0.25) is 5.78 Å². The second kappa shape index (κ2) is 9.99. The van der Waals surface area contributed by atoms with Crippen molar-refractivity contribution in [1.82, 2.24) is 4.98 Å². The zero-order chi connectivity index (χ0) is 22.4. The Morgan fingerprint density at radius 2 is 1.83 bits per heavy atom. The van der Waals surface area contributed by atoms with E-state index >= 15 is 0 Å². The van der Waals surface area contributed by atoms with Crippen LogP contribution < -0.4 is 9.47 Å². The molecule has 0 spiro atoms. The first-order valence-corrected chi connectivity index (χ1v) is 9.69. The van der Waals surface area contributed by atoms with E-state index in [-0.39, 0.29) is 28.3 Å². The number of carbonyl (C=O) groups is 2. The number of nitriles is 1. The maximum Gasteiger partial charge on any atom is 0.340 e. The first kappa shape index (κ1) is 23.0. The van der Waals surface area contributed by atoms with Gasteiger partial charge >= 0.3 is 5.97 Å². The number of halogens is 1. The predicted molar refractivity (Wildman–Crippen MR) is 113 cm³/mol. The van der Waals surface area contributed by atoms with Crippen LogP contribution in [0.25, 0.3) is 6.08 Å². The Bertz CT molecular complexity index is 1050. The Kier molecular flexibility index (Phi) is 7.67. The van der Waals surface area contributed by atoms with Crippen molar-refractivity contribution in [1.29, 1.82) is 5.26 Å². The molecule has 0 aliphatic rings. The van der Waals surface area contributed by atoms with E-state index in [0.717, 1.165) is 0 Å². The number of hydrogen-bond acceptors (Lipinski definition) is 6. The standard InChI is InChI=1S/C22H23ClN2O5/c1-6-29-17-10-14(9-16(23)21(17)28-5)8-15(11-24)20(26)18-12(3)25-13(4)19(18)22(27)30-7-2/h8-10,25H,6-7H2,1-5H3/b15-8+. The topological polar surface area (TPSA) is 101 Å². The van der Waals surface area contributed by atoms with Gasteiger partial charge in [-0.1, -0.05) is 11.6 Å². The number of carbonyl (C=O) groups excluding carboxylic acids is 2. The van der Waals surface area contributed by atoms with Crippen molar-refractivity contribution < 1.29 is 23.8 Å². The number of aromatic nitrogens is 1. The van der Waals surface area contributed by atoms with Crippen molar-refractivity contribution >= 4 is 29.4 Å². The number of benzene rings is 1. The lowest BCUT2D eigenvalue weighted by Crippen LogP contribution is -2.13. The van der Waals surface area contributed by atoms with Gasteiger partial charge in [0.1, 0.15) is 11.6 Å². The largest absolute Gasteiger partial charge is 0.491 e. The molecule has 1 aromatic carbocycles. The molecular formula is C22H23ClN2O5. The average Bonchev–Trinajstić information content (AvgIpc) is 2.99. The number of esters is 1. The van der Waals surface area contributed by atoms with Gasteiger partial charge in [-0.25, -0.2) is 4.79 Å². The normalized spacial score (nSPS) is 11.0. The van der Waals surface area contributed by atoms with Gasteiger partial charge in [-0.15, -0.1) is 0 Å². The molecule has 0 unspecified atom stereocenters. The van der Waals surface area contributed by atoms with Crippen molar-refractivity contribution in [3.63, 3.8) is 0 Å². The molecule has 0 radical (unpaired) electrons. The number of methoxy groups -OCH3 is 1. The smallest absolute Gasteiger partial charge is 0.340 e. The van der Waals surface area contributed by atoms with E-state index in [1.807, 2.05) is 13.0 Å². The van der Waals surface area contributed by atoms with Crippen molar-refractivity contribution in [3.8, 4) is 17.6 Å². The summed E-state index contributed by atoms with van der Waals surface area (Å²) in [5.74, 6) is -0.454. The highest BCUT2D eigenvalue weighted by Crippen LogP contribution is 2.37. The number of nitrogens with one attached hydrogen (secondary N) is 1. The summed E-state index contributed by atoms with van der Waals surface area (Å²) in [7, 11) is 1.47. The van der Waals surface area contributed by atoms with Gasteiger partial charge in [0.25, 0.3) is 0 Å². The summed E-state index contributed by atoms with van der Waals surface area (Å²) >= 11 is 6.26. The molecule has 158 valence electrons. The molecule has 0 aliphatic heterocycles. The van der Waals surface area contributed by atoms with E-state index in [1.165, 1.54) is 13.2 Å². The second-order valence-electron chi connectivity index (χ2n) is 6.31. The van der Waals surface area contributed by atoms with Crippen LogP contribution >= 0.6 is 11.6 Å². The van der Waals surface area contributed by atoms with Crippen LogP contribution in [0.2, 0.25) is 5.02 Å². The van der Waals surface area contributed by atoms with E-state index in [2.05, 4.69) is 4.98 Å². The summed E-state index contributed by atoms with van der Waals surface area (Å²) in [5.41, 5.74) is 1.54. The maximum atomic E-state index is 13.2. The van der Waals surface area contributed by atoms with Gasteiger partial charge in [0.15, 0.2) is 11.5 Å². The number of Topliss-reactive ketones (excluding diaryl/α,β-unsaturated/α-hetero) is 1. The lowest BCUT2D eigenvalue weighted by molar-refractivity contribution is 0.0523. The molecule has 1 heterocycles. The molecule has 2 aromatic rings. The van der Waals surface area contributed by atoms with Crippen LogP contribution in [-0.2, 0) is 4.74 Å². The number of H-pyrrole nitrogens is 1. The molecule has 8 heteroatoms. The van der Waals surface area contributed by atoms with Gasteiger partial charge in [-0.2, -0.15) is 5.26 Å². The van der Waals surface area contributed by atoms with Gasteiger partial charge < -0.3 is 19.2 Å². The molecule has 0 atom stereocenters. The van der Waals surface area contributed by atoms with Crippen molar-refractivity contribution in [2.45, 2.75) is 27.7 Å². The summed E-state index contributed by atoms with van der Waals surface area (Å²) in [5, 5.41) is 9.92. The maximum absolute atomic E-state index is 13.2. The molecule has 1 N–H and O–H groups in total. The van der Waals surface area contributed by atoms with Crippen LogP contribution in [0.15, 0.2) is 17.7 Å². The highest BCUT2D eigenvalue weighted by Gasteiger charge is 2.27. The summed E-state index contributed by atoms with van der Waals surface area (Å²) in [6.07, 6.45) is 1.40. The summed E-state index contributed by atoms with van der Waals surface area (Å²) in [6, 6.07) is 5.10. The second-order valence-corrected chi connectivity index (χ2v) is 6.72. The minimum atomic E-state index is -0.619. The zero-order valence-corrected chi connectivity index (χ0v) is 18.3. The SMILES string of the molecule is CCOC(=O)c1c(C)[nH]c(C)c1C(=O)/C(C#N)=C/c1cc(Cl)c(OC)c(OCC)c1. The van der Waals surface area contributed by atoms with Crippen molar-refractivity contribution in [2.75, 3.05) is 20.3 Å². The molecular weight excluding hydrogens is 408 g/mol. The van der Waals surface area contributed by atoms with Crippen molar-refractivity contribution in [3.05, 3.63) is 50.8 Å². The number of ether oxygens (including phenoxy) is 3. The van der Waals surface area contributed by atoms with Crippen LogP contribution in [-0.4, -0.2) is 37.1 Å². The zero-order valence-electron chi connectivity index (χ0n) is 17.5. The van der Waals surface area contributed by atoms with E-state index < -0.39 is 11.8 Å². The van der Waals surface area contributed by atoms with Crippen LogP contribution in [0.5, 0.6) is 11.5 Å². The number of hydrogen-bond donors (Lipinski definition) is 1. The molecule has 1 aromatic heterocycles. The Labute approximate surface area is 180 Å². The van der Waals surface area contributed by atoms with Gasteiger partial charge in [-0.3, -0.25) is 4.79 Å². The molecule has 0 saturated carbocycles. The number of aryl methyl sites for hydroxylation is 2. The third kappa shape index (κ3) is 4.66. The Hall–Kier alpha value is -3.24.